The molecule has 0 spiro atoms. The topological polar surface area (TPSA) is 53.4 Å². The number of aromatic nitrogens is 1. The maximum absolute atomic E-state index is 10.2. The fraction of sp³-hybridized carbons (Fsp3) is 0.0769. The Morgan fingerprint density at radius 2 is 1.88 bits per heavy atom. The Bertz CT molecular complexity index is 483. The number of carbonyl (C=O) groups excluding carboxylic acids is 1. The molecule has 0 bridgehead atoms. The van der Waals surface area contributed by atoms with E-state index in [9.17, 15) is 4.79 Å². The number of hydrogen-bond acceptors (Lipinski definition) is 3. The molecule has 2 aromatic rings. The molecule has 86 valence electrons. The molecule has 0 aliphatic rings. The quantitative estimate of drug-likeness (QED) is 0.495. The first kappa shape index (κ1) is 11.3. The van der Waals surface area contributed by atoms with Crippen LogP contribution in [0.3, 0.4) is 0 Å². The molecule has 1 aromatic carbocycles. The molecular weight excluding hydrogens is 216 g/mol. The number of pyridine rings is 1. The lowest BCUT2D eigenvalue weighted by atomic mass is 10.1. The Morgan fingerprint density at radius 3 is 2.47 bits per heavy atom. The van der Waals surface area contributed by atoms with Crippen LogP contribution in [-0.4, -0.2) is 21.7 Å². The summed E-state index contributed by atoms with van der Waals surface area (Å²) in [6.07, 6.45) is 2.08. The van der Waals surface area contributed by atoms with Crippen molar-refractivity contribution < 1.29 is 10.0 Å². The van der Waals surface area contributed by atoms with Gasteiger partial charge in [0.05, 0.1) is 12.2 Å². The van der Waals surface area contributed by atoms with Crippen LogP contribution in [0.1, 0.15) is 5.69 Å². The first-order valence-electron chi connectivity index (χ1n) is 5.21. The van der Waals surface area contributed by atoms with Gasteiger partial charge in [0.15, 0.2) is 0 Å². The Hall–Kier alpha value is -2.20. The van der Waals surface area contributed by atoms with Gasteiger partial charge in [-0.05, 0) is 11.6 Å². The van der Waals surface area contributed by atoms with E-state index < -0.39 is 0 Å². The van der Waals surface area contributed by atoms with E-state index in [-0.39, 0.29) is 6.54 Å². The summed E-state index contributed by atoms with van der Waals surface area (Å²) in [5, 5.41) is 9.58. The largest absolute Gasteiger partial charge is 0.286 e. The van der Waals surface area contributed by atoms with E-state index in [1.54, 1.807) is 12.3 Å². The van der Waals surface area contributed by atoms with Crippen LogP contribution in [-0.2, 0) is 11.3 Å². The average Bonchev–Trinajstić information content (AvgIpc) is 2.40. The molecule has 1 aromatic heterocycles. The summed E-state index contributed by atoms with van der Waals surface area (Å²) in [6.45, 7) is 0.0958. The Balaban J connectivity index is 2.16. The van der Waals surface area contributed by atoms with E-state index in [0.717, 1.165) is 11.1 Å². The maximum Gasteiger partial charge on any atom is 0.233 e. The smallest absolute Gasteiger partial charge is 0.233 e. The van der Waals surface area contributed by atoms with E-state index in [1.807, 2.05) is 36.4 Å². The van der Waals surface area contributed by atoms with Crippen molar-refractivity contribution in [2.75, 3.05) is 0 Å². The van der Waals surface area contributed by atoms with Crippen molar-refractivity contribution in [1.82, 2.24) is 10.0 Å². The third kappa shape index (κ3) is 2.89. The van der Waals surface area contributed by atoms with Gasteiger partial charge in [-0.3, -0.25) is 15.0 Å². The van der Waals surface area contributed by atoms with Gasteiger partial charge < -0.3 is 0 Å². The minimum absolute atomic E-state index is 0.0958. The van der Waals surface area contributed by atoms with Crippen LogP contribution in [0.15, 0.2) is 48.7 Å². The minimum Gasteiger partial charge on any atom is -0.286 e. The van der Waals surface area contributed by atoms with Gasteiger partial charge in [-0.1, -0.05) is 36.4 Å². The number of hydrogen-bond donors (Lipinski definition) is 1. The summed E-state index contributed by atoms with van der Waals surface area (Å²) in [5.41, 5.74) is 2.73. The number of benzene rings is 1. The molecule has 4 nitrogen and oxygen atoms in total. The number of amides is 1. The summed E-state index contributed by atoms with van der Waals surface area (Å²) in [4.78, 5) is 14.4. The second-order valence-electron chi connectivity index (χ2n) is 3.61. The highest BCUT2D eigenvalue weighted by atomic mass is 16.5. The van der Waals surface area contributed by atoms with Crippen LogP contribution in [0.5, 0.6) is 0 Å². The van der Waals surface area contributed by atoms with Crippen LogP contribution in [0, 0.1) is 0 Å². The SMILES string of the molecule is O=CN(O)Cc1ccc(-c2ccccc2)cn1. The molecule has 0 saturated carbocycles. The summed E-state index contributed by atoms with van der Waals surface area (Å²) in [6, 6.07) is 13.6. The zero-order chi connectivity index (χ0) is 12.1. The van der Waals surface area contributed by atoms with Gasteiger partial charge in [-0.25, -0.2) is 5.06 Å². The van der Waals surface area contributed by atoms with E-state index in [0.29, 0.717) is 17.2 Å². The van der Waals surface area contributed by atoms with Gasteiger partial charge in [0.1, 0.15) is 0 Å². The zero-order valence-corrected chi connectivity index (χ0v) is 9.15. The third-order valence-electron chi connectivity index (χ3n) is 2.38. The van der Waals surface area contributed by atoms with Crippen molar-refractivity contribution in [2.24, 2.45) is 0 Å². The maximum atomic E-state index is 10.2. The molecule has 0 aliphatic heterocycles. The van der Waals surface area contributed by atoms with Gasteiger partial charge in [0.25, 0.3) is 0 Å². The molecule has 0 atom stereocenters. The molecule has 17 heavy (non-hydrogen) atoms. The number of carbonyl (C=O) groups is 1. The van der Waals surface area contributed by atoms with Crippen LogP contribution in [0.2, 0.25) is 0 Å². The highest BCUT2D eigenvalue weighted by Gasteiger charge is 2.01. The Kier molecular flexibility index (Phi) is 3.47. The zero-order valence-electron chi connectivity index (χ0n) is 9.15. The Morgan fingerprint density at radius 1 is 1.12 bits per heavy atom. The number of rotatable bonds is 4. The molecule has 0 saturated heterocycles. The fourth-order valence-corrected chi connectivity index (χ4v) is 1.52. The standard InChI is InChI=1S/C13H12N2O2/c16-10-15(17)9-13-7-6-12(8-14-13)11-4-2-1-3-5-11/h1-8,10,17H,9H2. The highest BCUT2D eigenvalue weighted by Crippen LogP contribution is 2.17. The third-order valence-corrected chi connectivity index (χ3v) is 2.38. The van der Waals surface area contributed by atoms with Crippen LogP contribution in [0.25, 0.3) is 11.1 Å². The van der Waals surface area contributed by atoms with E-state index in [4.69, 9.17) is 5.21 Å². The highest BCUT2D eigenvalue weighted by molar-refractivity contribution is 5.62. The summed E-state index contributed by atoms with van der Waals surface area (Å²) in [5.74, 6) is 0. The van der Waals surface area contributed by atoms with Crippen molar-refractivity contribution in [3.8, 4) is 11.1 Å². The normalized spacial score (nSPS) is 9.94. The Labute approximate surface area is 99.1 Å². The predicted molar refractivity (Wildman–Crippen MR) is 63.1 cm³/mol. The molecule has 0 fully saturated rings. The summed E-state index contributed by atoms with van der Waals surface area (Å²) < 4.78 is 0. The van der Waals surface area contributed by atoms with Crippen molar-refractivity contribution in [1.29, 1.82) is 0 Å². The molecule has 0 aliphatic carbocycles. The van der Waals surface area contributed by atoms with Gasteiger partial charge in [-0.15, -0.1) is 0 Å². The second-order valence-corrected chi connectivity index (χ2v) is 3.61. The van der Waals surface area contributed by atoms with Crippen LogP contribution < -0.4 is 0 Å². The van der Waals surface area contributed by atoms with Gasteiger partial charge >= 0.3 is 0 Å². The minimum atomic E-state index is 0.0958. The average molecular weight is 228 g/mol. The number of hydroxylamine groups is 2. The first-order valence-corrected chi connectivity index (χ1v) is 5.21. The lowest BCUT2D eigenvalue weighted by Crippen LogP contribution is -2.16. The summed E-state index contributed by atoms with van der Waals surface area (Å²) >= 11 is 0. The molecule has 1 N–H and O–H groups in total. The molecule has 4 heteroatoms. The van der Waals surface area contributed by atoms with Crippen molar-refractivity contribution >= 4 is 6.41 Å². The lowest BCUT2D eigenvalue weighted by Gasteiger charge is -2.08. The summed E-state index contributed by atoms with van der Waals surface area (Å²) in [7, 11) is 0. The second kappa shape index (κ2) is 5.23. The predicted octanol–water partition coefficient (Wildman–Crippen LogP) is 2.10. The van der Waals surface area contributed by atoms with Gasteiger partial charge in [0, 0.05) is 11.8 Å². The van der Waals surface area contributed by atoms with Gasteiger partial charge in [0.2, 0.25) is 6.41 Å². The van der Waals surface area contributed by atoms with Crippen molar-refractivity contribution in [2.45, 2.75) is 6.54 Å². The lowest BCUT2D eigenvalue weighted by molar-refractivity contribution is -0.152. The van der Waals surface area contributed by atoms with Crippen molar-refractivity contribution in [3.05, 3.63) is 54.4 Å². The molecule has 1 amide bonds. The first-order chi connectivity index (χ1) is 8.29. The van der Waals surface area contributed by atoms with Crippen LogP contribution in [0.4, 0.5) is 0 Å². The molecule has 0 unspecified atom stereocenters. The van der Waals surface area contributed by atoms with E-state index in [2.05, 4.69) is 4.98 Å². The van der Waals surface area contributed by atoms with E-state index >= 15 is 0 Å². The molecule has 2 rings (SSSR count). The van der Waals surface area contributed by atoms with Gasteiger partial charge in [-0.2, -0.15) is 0 Å². The number of nitrogens with zero attached hydrogens (tertiary/aromatic N) is 2. The van der Waals surface area contributed by atoms with Crippen molar-refractivity contribution in [3.63, 3.8) is 0 Å². The monoisotopic (exact) mass is 228 g/mol. The molecule has 0 radical (unpaired) electrons. The van der Waals surface area contributed by atoms with E-state index in [1.165, 1.54) is 0 Å². The fourth-order valence-electron chi connectivity index (χ4n) is 1.52. The van der Waals surface area contributed by atoms with Crippen LogP contribution >= 0.6 is 0 Å². The molecule has 1 heterocycles. The molecular formula is C13H12N2O2.